The zero-order chi connectivity index (χ0) is 14.7. The van der Waals surface area contributed by atoms with Gasteiger partial charge in [-0.1, -0.05) is 23.7 Å². The summed E-state index contributed by atoms with van der Waals surface area (Å²) in [6.45, 7) is 1.56. The van der Waals surface area contributed by atoms with E-state index in [9.17, 15) is 9.50 Å². The fourth-order valence-electron chi connectivity index (χ4n) is 1.72. The zero-order valence-electron chi connectivity index (χ0n) is 10.6. The van der Waals surface area contributed by atoms with Crippen LogP contribution in [-0.4, -0.2) is 5.11 Å². The number of hydrogen-bond donors (Lipinski definition) is 1. The predicted molar refractivity (Wildman–Crippen MR) is 73.3 cm³/mol. The molecule has 0 bridgehead atoms. The molecule has 0 unspecified atom stereocenters. The summed E-state index contributed by atoms with van der Waals surface area (Å²) >= 11 is 5.68. The van der Waals surface area contributed by atoms with Crippen molar-refractivity contribution in [3.8, 4) is 17.6 Å². The monoisotopic (exact) mass is 291 g/mol. The Morgan fingerprint density at radius 2 is 2.05 bits per heavy atom. The maximum Gasteiger partial charge on any atom is 0.184 e. The molecule has 0 aromatic heterocycles. The number of aliphatic hydroxyl groups is 1. The van der Waals surface area contributed by atoms with Crippen LogP contribution in [0, 0.1) is 17.1 Å². The van der Waals surface area contributed by atoms with Crippen LogP contribution in [0.2, 0.25) is 5.02 Å². The molecule has 2 rings (SSSR count). The van der Waals surface area contributed by atoms with E-state index in [0.29, 0.717) is 11.1 Å². The number of aliphatic hydroxyl groups excluding tert-OH is 1. The molecule has 0 radical (unpaired) electrons. The molecule has 3 nitrogen and oxygen atoms in total. The summed E-state index contributed by atoms with van der Waals surface area (Å²) in [4.78, 5) is 0. The van der Waals surface area contributed by atoms with E-state index in [1.165, 1.54) is 18.2 Å². The highest BCUT2D eigenvalue weighted by atomic mass is 35.5. The molecule has 5 heteroatoms. The van der Waals surface area contributed by atoms with Crippen molar-refractivity contribution in [2.75, 3.05) is 0 Å². The maximum atomic E-state index is 13.8. The average molecular weight is 292 g/mol. The molecule has 2 aromatic rings. The number of nitriles is 1. The number of halogens is 2. The SMILES string of the molecule is C[C@@H](O)c1ccc(C#N)cc1Oc1cccc(Cl)c1F. The second-order valence-electron chi connectivity index (χ2n) is 4.19. The molecule has 1 atom stereocenters. The normalized spacial score (nSPS) is 11.8. The minimum atomic E-state index is -0.806. The van der Waals surface area contributed by atoms with Gasteiger partial charge in [0.05, 0.1) is 22.8 Å². The molecular formula is C15H11ClFNO2. The molecule has 0 fully saturated rings. The highest BCUT2D eigenvalue weighted by molar-refractivity contribution is 6.30. The van der Waals surface area contributed by atoms with Gasteiger partial charge in [0.25, 0.3) is 0 Å². The highest BCUT2D eigenvalue weighted by Gasteiger charge is 2.14. The van der Waals surface area contributed by atoms with Gasteiger partial charge < -0.3 is 9.84 Å². The first kappa shape index (κ1) is 14.3. The summed E-state index contributed by atoms with van der Waals surface area (Å²) in [6.07, 6.45) is -0.806. The Kier molecular flexibility index (Phi) is 4.23. The third kappa shape index (κ3) is 2.90. The van der Waals surface area contributed by atoms with Crippen molar-refractivity contribution in [3.63, 3.8) is 0 Å². The first-order valence-electron chi connectivity index (χ1n) is 5.87. The van der Waals surface area contributed by atoms with Crippen LogP contribution in [0.15, 0.2) is 36.4 Å². The minimum absolute atomic E-state index is 0.0578. The molecule has 0 saturated carbocycles. The van der Waals surface area contributed by atoms with Gasteiger partial charge in [0, 0.05) is 5.56 Å². The summed E-state index contributed by atoms with van der Waals surface area (Å²) in [7, 11) is 0. The van der Waals surface area contributed by atoms with Crippen molar-refractivity contribution in [2.24, 2.45) is 0 Å². The van der Waals surface area contributed by atoms with E-state index in [1.807, 2.05) is 6.07 Å². The van der Waals surface area contributed by atoms with E-state index < -0.39 is 11.9 Å². The van der Waals surface area contributed by atoms with Crippen LogP contribution in [0.5, 0.6) is 11.5 Å². The van der Waals surface area contributed by atoms with E-state index in [2.05, 4.69) is 0 Å². The molecule has 0 saturated heterocycles. The summed E-state index contributed by atoms with van der Waals surface area (Å²) in [6, 6.07) is 10.9. The molecule has 20 heavy (non-hydrogen) atoms. The zero-order valence-corrected chi connectivity index (χ0v) is 11.4. The second-order valence-corrected chi connectivity index (χ2v) is 4.60. The molecule has 2 aromatic carbocycles. The lowest BCUT2D eigenvalue weighted by molar-refractivity contribution is 0.195. The van der Waals surface area contributed by atoms with Crippen molar-refractivity contribution >= 4 is 11.6 Å². The Morgan fingerprint density at radius 1 is 1.30 bits per heavy atom. The van der Waals surface area contributed by atoms with E-state index in [4.69, 9.17) is 21.6 Å². The summed E-state index contributed by atoms with van der Waals surface area (Å²) in [5, 5.41) is 18.5. The number of nitrogens with zero attached hydrogens (tertiary/aromatic N) is 1. The predicted octanol–water partition coefficient (Wildman–Crippen LogP) is 4.20. The van der Waals surface area contributed by atoms with Gasteiger partial charge in [-0.2, -0.15) is 5.26 Å². The molecule has 0 spiro atoms. The van der Waals surface area contributed by atoms with Crippen LogP contribution >= 0.6 is 11.6 Å². The lowest BCUT2D eigenvalue weighted by Crippen LogP contribution is -1.98. The molecule has 0 aliphatic rings. The van der Waals surface area contributed by atoms with Crippen LogP contribution in [-0.2, 0) is 0 Å². The van der Waals surface area contributed by atoms with Crippen LogP contribution in [0.25, 0.3) is 0 Å². The summed E-state index contributed by atoms with van der Waals surface area (Å²) in [5.41, 5.74) is 0.815. The van der Waals surface area contributed by atoms with Gasteiger partial charge in [0.1, 0.15) is 5.75 Å². The average Bonchev–Trinajstić information content (AvgIpc) is 2.43. The van der Waals surface area contributed by atoms with E-state index in [-0.39, 0.29) is 16.5 Å². The fraction of sp³-hybridized carbons (Fsp3) is 0.133. The first-order valence-corrected chi connectivity index (χ1v) is 6.24. The largest absolute Gasteiger partial charge is 0.454 e. The van der Waals surface area contributed by atoms with Gasteiger partial charge in [-0.15, -0.1) is 0 Å². The Labute approximate surface area is 120 Å². The van der Waals surface area contributed by atoms with Crippen molar-refractivity contribution < 1.29 is 14.2 Å². The van der Waals surface area contributed by atoms with Crippen molar-refractivity contribution in [3.05, 3.63) is 58.4 Å². The molecular weight excluding hydrogens is 281 g/mol. The second kappa shape index (κ2) is 5.91. The standard InChI is InChI=1S/C15H11ClFNO2/c1-9(19)11-6-5-10(8-18)7-14(11)20-13-4-2-3-12(16)15(13)17/h2-7,9,19H,1H3/t9-/m1/s1. The lowest BCUT2D eigenvalue weighted by atomic mass is 10.1. The van der Waals surface area contributed by atoms with Crippen LogP contribution in [0.3, 0.4) is 0 Å². The van der Waals surface area contributed by atoms with Crippen molar-refractivity contribution in [1.29, 1.82) is 5.26 Å². The molecule has 102 valence electrons. The summed E-state index contributed by atoms with van der Waals surface area (Å²) in [5.74, 6) is -0.525. The van der Waals surface area contributed by atoms with Gasteiger partial charge in [0.2, 0.25) is 0 Å². The van der Waals surface area contributed by atoms with Gasteiger partial charge in [0.15, 0.2) is 11.6 Å². The van der Waals surface area contributed by atoms with Gasteiger partial charge >= 0.3 is 0 Å². The number of hydrogen-bond acceptors (Lipinski definition) is 3. The lowest BCUT2D eigenvalue weighted by Gasteiger charge is -2.14. The Hall–Kier alpha value is -2.09. The van der Waals surface area contributed by atoms with Crippen LogP contribution < -0.4 is 4.74 Å². The van der Waals surface area contributed by atoms with Gasteiger partial charge in [-0.3, -0.25) is 0 Å². The third-order valence-electron chi connectivity index (χ3n) is 2.73. The quantitative estimate of drug-likeness (QED) is 0.922. The first-order chi connectivity index (χ1) is 9.52. The van der Waals surface area contributed by atoms with Crippen molar-refractivity contribution in [2.45, 2.75) is 13.0 Å². The molecule has 0 aliphatic heterocycles. The molecule has 0 heterocycles. The fourth-order valence-corrected chi connectivity index (χ4v) is 1.88. The van der Waals surface area contributed by atoms with Crippen molar-refractivity contribution in [1.82, 2.24) is 0 Å². The van der Waals surface area contributed by atoms with E-state index in [1.54, 1.807) is 25.1 Å². The van der Waals surface area contributed by atoms with Crippen LogP contribution in [0.4, 0.5) is 4.39 Å². The third-order valence-corrected chi connectivity index (χ3v) is 3.02. The Morgan fingerprint density at radius 3 is 2.70 bits per heavy atom. The topological polar surface area (TPSA) is 53.2 Å². The summed E-state index contributed by atoms with van der Waals surface area (Å²) < 4.78 is 19.3. The molecule has 0 amide bonds. The molecule has 1 N–H and O–H groups in total. The van der Waals surface area contributed by atoms with E-state index >= 15 is 0 Å². The highest BCUT2D eigenvalue weighted by Crippen LogP contribution is 2.33. The van der Waals surface area contributed by atoms with Gasteiger partial charge in [-0.05, 0) is 31.2 Å². The molecule has 0 aliphatic carbocycles. The minimum Gasteiger partial charge on any atom is -0.454 e. The Bertz CT molecular complexity index is 680. The smallest absolute Gasteiger partial charge is 0.184 e. The maximum absolute atomic E-state index is 13.8. The van der Waals surface area contributed by atoms with E-state index in [0.717, 1.165) is 0 Å². The van der Waals surface area contributed by atoms with Gasteiger partial charge in [-0.25, -0.2) is 4.39 Å². The number of ether oxygens (including phenoxy) is 1. The number of rotatable bonds is 3. The Balaban J connectivity index is 2.46. The van der Waals surface area contributed by atoms with Crippen LogP contribution in [0.1, 0.15) is 24.2 Å². The number of benzene rings is 2.